The van der Waals surface area contributed by atoms with Crippen LogP contribution in [0.15, 0.2) is 69.3 Å². The zero-order valence-corrected chi connectivity index (χ0v) is 16.1. The van der Waals surface area contributed by atoms with Gasteiger partial charge in [-0.15, -0.1) is 0 Å². The van der Waals surface area contributed by atoms with Crippen LogP contribution in [0.25, 0.3) is 0 Å². The van der Waals surface area contributed by atoms with Crippen molar-refractivity contribution in [2.75, 3.05) is 6.61 Å². The number of aromatic amines is 2. The van der Waals surface area contributed by atoms with Gasteiger partial charge in [-0.25, -0.2) is 15.3 Å². The number of hydrazone groups is 1. The van der Waals surface area contributed by atoms with Crippen molar-refractivity contribution in [2.24, 2.45) is 5.10 Å². The van der Waals surface area contributed by atoms with E-state index in [-0.39, 0.29) is 24.4 Å². The van der Waals surface area contributed by atoms with E-state index in [1.165, 1.54) is 11.8 Å². The van der Waals surface area contributed by atoms with Gasteiger partial charge in [0.25, 0.3) is 5.56 Å². The Morgan fingerprint density at radius 2 is 1.93 bits per heavy atom. The lowest BCUT2D eigenvalue weighted by atomic mass is 10.2. The average molecular weight is 407 g/mol. The number of carbonyl (C=O) groups excluding carboxylic acids is 1. The molecule has 0 saturated heterocycles. The van der Waals surface area contributed by atoms with Crippen LogP contribution in [-0.2, 0) is 17.6 Å². The highest BCUT2D eigenvalue weighted by Crippen LogP contribution is 2.12. The summed E-state index contributed by atoms with van der Waals surface area (Å²) in [4.78, 5) is 36.4. The van der Waals surface area contributed by atoms with Gasteiger partial charge in [-0.05, 0) is 23.3 Å². The Morgan fingerprint density at radius 3 is 2.73 bits per heavy atom. The molecule has 30 heavy (non-hydrogen) atoms. The molecule has 1 aromatic heterocycles. The molecule has 2 aromatic carbocycles. The number of hydrogen-bond donors (Lipinski definition) is 3. The molecular formula is C21H21N5O4. The molecule has 0 bridgehead atoms. The van der Waals surface area contributed by atoms with Crippen LogP contribution in [-0.4, -0.2) is 33.9 Å². The van der Waals surface area contributed by atoms with E-state index in [2.05, 4.69) is 37.8 Å². The van der Waals surface area contributed by atoms with Crippen molar-refractivity contribution in [3.63, 3.8) is 0 Å². The molecule has 9 heteroatoms. The molecule has 3 aromatic rings. The van der Waals surface area contributed by atoms with E-state index in [0.29, 0.717) is 12.4 Å². The number of aryl methyl sites for hydroxylation is 1. The molecular weight excluding hydrogens is 386 g/mol. The maximum absolute atomic E-state index is 11.9. The lowest BCUT2D eigenvalue weighted by Crippen LogP contribution is -2.28. The zero-order chi connectivity index (χ0) is 21.2. The minimum Gasteiger partial charge on any atom is -0.493 e. The van der Waals surface area contributed by atoms with Crippen LogP contribution < -0.4 is 21.4 Å². The first-order valence-corrected chi connectivity index (χ1v) is 9.37. The van der Waals surface area contributed by atoms with E-state index in [0.717, 1.165) is 12.0 Å². The first-order chi connectivity index (χ1) is 14.6. The minimum atomic E-state index is -0.691. The Hall–Kier alpha value is -4.01. The molecule has 9 nitrogen and oxygen atoms in total. The van der Waals surface area contributed by atoms with Crippen LogP contribution in [0, 0.1) is 0 Å². The first-order valence-electron chi connectivity index (χ1n) is 9.37. The monoisotopic (exact) mass is 407 g/mol. The Morgan fingerprint density at radius 1 is 1.10 bits per heavy atom. The van der Waals surface area contributed by atoms with E-state index >= 15 is 0 Å². The highest BCUT2D eigenvalue weighted by atomic mass is 16.5. The third-order valence-electron chi connectivity index (χ3n) is 4.13. The lowest BCUT2D eigenvalue weighted by Gasteiger charge is -2.07. The summed E-state index contributed by atoms with van der Waals surface area (Å²) in [5.41, 5.74) is 3.14. The van der Waals surface area contributed by atoms with Crippen molar-refractivity contribution in [3.8, 4) is 5.75 Å². The summed E-state index contributed by atoms with van der Waals surface area (Å²) in [5, 5.41) is 9.66. The minimum absolute atomic E-state index is 0.00208. The second kappa shape index (κ2) is 10.5. The molecule has 0 unspecified atom stereocenters. The number of nitrogens with zero attached hydrogens (tertiary/aromatic N) is 2. The normalized spacial score (nSPS) is 10.8. The van der Waals surface area contributed by atoms with Crippen LogP contribution in [0.1, 0.15) is 23.2 Å². The van der Waals surface area contributed by atoms with E-state index in [1.807, 2.05) is 42.5 Å². The van der Waals surface area contributed by atoms with Crippen molar-refractivity contribution in [1.29, 1.82) is 0 Å². The molecule has 0 aliphatic heterocycles. The maximum Gasteiger partial charge on any atom is 0.342 e. The van der Waals surface area contributed by atoms with Crippen LogP contribution in [0.5, 0.6) is 5.75 Å². The van der Waals surface area contributed by atoms with Gasteiger partial charge in [0.05, 0.1) is 12.8 Å². The summed E-state index contributed by atoms with van der Waals surface area (Å²) >= 11 is 0. The number of ether oxygens (including phenoxy) is 1. The van der Waals surface area contributed by atoms with Crippen LogP contribution >= 0.6 is 0 Å². The van der Waals surface area contributed by atoms with Crippen molar-refractivity contribution < 1.29 is 9.53 Å². The van der Waals surface area contributed by atoms with Gasteiger partial charge >= 0.3 is 5.69 Å². The van der Waals surface area contributed by atoms with Gasteiger partial charge in [0, 0.05) is 19.3 Å². The third-order valence-corrected chi connectivity index (χ3v) is 4.13. The summed E-state index contributed by atoms with van der Waals surface area (Å²) in [6.45, 7) is 0.555. The Bertz CT molecular complexity index is 1120. The fourth-order valence-corrected chi connectivity index (χ4v) is 2.62. The van der Waals surface area contributed by atoms with Crippen LogP contribution in [0.3, 0.4) is 0 Å². The molecule has 0 aliphatic carbocycles. The first kappa shape index (κ1) is 20.7. The molecule has 0 saturated carbocycles. The summed E-state index contributed by atoms with van der Waals surface area (Å²) in [5.74, 6) is 0.332. The Kier molecular flexibility index (Phi) is 7.26. The predicted molar refractivity (Wildman–Crippen MR) is 112 cm³/mol. The molecule has 0 spiro atoms. The highest BCUT2D eigenvalue weighted by molar-refractivity contribution is 5.82. The molecule has 3 rings (SSSR count). The van der Waals surface area contributed by atoms with E-state index in [9.17, 15) is 14.4 Å². The topological polar surface area (TPSA) is 129 Å². The second-order valence-electron chi connectivity index (χ2n) is 6.40. The number of H-pyrrole nitrogens is 2. The predicted octanol–water partition coefficient (Wildman–Crippen LogP) is 1.16. The smallest absolute Gasteiger partial charge is 0.342 e. The van der Waals surface area contributed by atoms with Gasteiger partial charge in [0.1, 0.15) is 11.4 Å². The molecule has 0 radical (unpaired) electrons. The molecule has 1 heterocycles. The lowest BCUT2D eigenvalue weighted by molar-refractivity contribution is -0.121. The summed E-state index contributed by atoms with van der Waals surface area (Å²) < 4.78 is 5.77. The number of rotatable bonds is 9. The van der Waals surface area contributed by atoms with Crippen molar-refractivity contribution in [2.45, 2.75) is 19.3 Å². The SMILES string of the molecule is O=C(CCc1n[nH]c(=O)[nH]c1=O)NN=Cc1cccc(OCCc2ccccc2)c1. The molecule has 3 N–H and O–H groups in total. The van der Waals surface area contributed by atoms with Crippen molar-refractivity contribution in [3.05, 3.63) is 92.3 Å². The van der Waals surface area contributed by atoms with Crippen LogP contribution in [0.4, 0.5) is 0 Å². The molecule has 0 aliphatic rings. The average Bonchev–Trinajstić information content (AvgIpc) is 2.74. The standard InChI is InChI=1S/C21H21N5O4/c27-19(10-9-18-20(28)23-21(29)26-24-18)25-22-14-16-7-4-8-17(13-16)30-12-11-15-5-2-1-3-6-15/h1-8,13-14H,9-12H2,(H,25,27)(H2,23,26,28,29). The fourth-order valence-electron chi connectivity index (χ4n) is 2.62. The Balaban J connectivity index is 1.45. The van der Waals surface area contributed by atoms with Crippen molar-refractivity contribution in [1.82, 2.24) is 20.6 Å². The van der Waals surface area contributed by atoms with Crippen LogP contribution in [0.2, 0.25) is 0 Å². The van der Waals surface area contributed by atoms with Gasteiger partial charge in [0.15, 0.2) is 0 Å². The van der Waals surface area contributed by atoms with E-state index in [4.69, 9.17) is 4.74 Å². The largest absolute Gasteiger partial charge is 0.493 e. The number of nitrogens with one attached hydrogen (secondary N) is 3. The fraction of sp³-hybridized carbons (Fsp3) is 0.190. The van der Waals surface area contributed by atoms with E-state index < -0.39 is 11.2 Å². The van der Waals surface area contributed by atoms with Gasteiger partial charge in [-0.3, -0.25) is 14.6 Å². The molecule has 0 fully saturated rings. The summed E-state index contributed by atoms with van der Waals surface area (Å²) in [6.07, 6.45) is 2.40. The third kappa shape index (κ3) is 6.55. The number of aromatic nitrogens is 3. The summed E-state index contributed by atoms with van der Waals surface area (Å²) in [7, 11) is 0. The van der Waals surface area contributed by atoms with Gasteiger partial charge in [-0.1, -0.05) is 42.5 Å². The summed E-state index contributed by atoms with van der Waals surface area (Å²) in [6, 6.07) is 17.4. The van der Waals surface area contributed by atoms with Crippen molar-refractivity contribution >= 4 is 12.1 Å². The van der Waals surface area contributed by atoms with Gasteiger partial charge in [0.2, 0.25) is 5.91 Å². The molecule has 1 amide bonds. The second-order valence-corrected chi connectivity index (χ2v) is 6.40. The maximum atomic E-state index is 11.9. The van der Waals surface area contributed by atoms with E-state index in [1.54, 1.807) is 0 Å². The molecule has 0 atom stereocenters. The number of hydrogen-bond acceptors (Lipinski definition) is 6. The van der Waals surface area contributed by atoms with Gasteiger partial charge in [-0.2, -0.15) is 10.2 Å². The zero-order valence-electron chi connectivity index (χ0n) is 16.1. The number of benzene rings is 2. The quantitative estimate of drug-likeness (QED) is 0.362. The number of amides is 1. The Labute approximate surface area is 171 Å². The molecule has 154 valence electrons. The number of carbonyl (C=O) groups is 1. The van der Waals surface area contributed by atoms with Gasteiger partial charge < -0.3 is 4.74 Å². The highest BCUT2D eigenvalue weighted by Gasteiger charge is 2.06.